The van der Waals surface area contributed by atoms with Gasteiger partial charge in [0.2, 0.25) is 0 Å². The smallest absolute Gasteiger partial charge is 0.320 e. The van der Waals surface area contributed by atoms with Crippen molar-refractivity contribution in [2.45, 2.75) is 32.2 Å². The number of imidazole rings is 1. The molecule has 1 aliphatic rings. The van der Waals surface area contributed by atoms with E-state index in [1.165, 1.54) is 10.6 Å². The van der Waals surface area contributed by atoms with Gasteiger partial charge in [0.25, 0.3) is 0 Å². The Morgan fingerprint density at radius 2 is 2.16 bits per heavy atom. The van der Waals surface area contributed by atoms with Crippen LogP contribution in [-0.4, -0.2) is 20.6 Å². The Labute approximate surface area is 154 Å². The van der Waals surface area contributed by atoms with Crippen LogP contribution < -0.4 is 0 Å². The highest BCUT2D eigenvalue weighted by atomic mass is 35.5. The number of halogens is 1. The van der Waals surface area contributed by atoms with Gasteiger partial charge in [-0.15, -0.1) is 0 Å². The molecule has 0 N–H and O–H groups in total. The molecular formula is C19H18ClN3O2. The summed E-state index contributed by atoms with van der Waals surface area (Å²) in [5.41, 5.74) is 0.0603. The summed E-state index contributed by atoms with van der Waals surface area (Å²) in [6.07, 6.45) is 0.508. The Hall–Kier alpha value is -2.40. The van der Waals surface area contributed by atoms with E-state index in [9.17, 15) is 4.79 Å². The fraction of sp³-hybridized carbons (Fsp3) is 0.316. The number of nitrogens with zero attached hydrogens (tertiary/aromatic N) is 3. The molecule has 0 aliphatic heterocycles. The van der Waals surface area contributed by atoms with Gasteiger partial charge in [-0.1, -0.05) is 48.9 Å². The summed E-state index contributed by atoms with van der Waals surface area (Å²) in [6.45, 7) is -0.394. The molecule has 2 atom stereocenters. The number of benzene rings is 1. The number of esters is 1. The average Bonchev–Trinajstić information content (AvgIpc) is 3.17. The van der Waals surface area contributed by atoms with Crippen molar-refractivity contribution < 1.29 is 13.6 Å². The van der Waals surface area contributed by atoms with E-state index in [2.05, 4.69) is 10.1 Å². The summed E-state index contributed by atoms with van der Waals surface area (Å²) in [5.74, 6) is -0.220. The van der Waals surface area contributed by atoms with Crippen molar-refractivity contribution in [3.05, 3.63) is 64.7 Å². The normalized spacial score (nSPS) is 24.4. The summed E-state index contributed by atoms with van der Waals surface area (Å²) in [6, 6.07) is 12.4. The van der Waals surface area contributed by atoms with Crippen molar-refractivity contribution in [3.63, 3.8) is 0 Å². The molecule has 1 aliphatic carbocycles. The number of rotatable bonds is 4. The third-order valence-corrected chi connectivity index (χ3v) is 4.95. The molecule has 5 nitrogen and oxygen atoms in total. The van der Waals surface area contributed by atoms with E-state index in [0.717, 1.165) is 5.56 Å². The van der Waals surface area contributed by atoms with E-state index in [1.807, 2.05) is 37.3 Å². The minimum absolute atomic E-state index is 0.0494. The molecule has 1 aromatic carbocycles. The molecule has 1 fully saturated rings. The molecule has 128 valence electrons. The lowest BCUT2D eigenvalue weighted by molar-refractivity contribution is -0.148. The average molecular weight is 359 g/mol. The summed E-state index contributed by atoms with van der Waals surface area (Å²) >= 11 is 6.03. The number of fused-ring (bicyclic) bond motifs is 1. The van der Waals surface area contributed by atoms with Gasteiger partial charge in [0, 0.05) is 4.11 Å². The zero-order valence-electron chi connectivity index (χ0n) is 16.6. The van der Waals surface area contributed by atoms with Gasteiger partial charge in [-0.3, -0.25) is 4.79 Å². The van der Waals surface area contributed by atoms with Crippen LogP contribution in [-0.2, 0) is 21.6 Å². The molecular weight excluding hydrogens is 338 g/mol. The molecule has 25 heavy (non-hydrogen) atoms. The molecule has 1 saturated carbocycles. The maximum Gasteiger partial charge on any atom is 0.320 e. The third kappa shape index (κ3) is 2.59. The summed E-state index contributed by atoms with van der Waals surface area (Å²) in [7, 11) is 0. The first kappa shape index (κ1) is 12.9. The van der Waals surface area contributed by atoms with Crippen LogP contribution in [0.5, 0.6) is 0 Å². The summed E-state index contributed by atoms with van der Waals surface area (Å²) in [4.78, 5) is 17.4. The SMILES string of the molecule is [2H]C([2H])([2H])c1nc([C@@]2(C(=O)OCc3ccccc3)C[C@@H]2C)n2nc(Cl)ccc12. The second kappa shape index (κ2) is 5.85. The zero-order valence-corrected chi connectivity index (χ0v) is 14.3. The van der Waals surface area contributed by atoms with Gasteiger partial charge in [0.15, 0.2) is 0 Å². The van der Waals surface area contributed by atoms with Crippen molar-refractivity contribution in [3.8, 4) is 0 Å². The molecule has 3 aromatic rings. The Morgan fingerprint density at radius 3 is 2.84 bits per heavy atom. The van der Waals surface area contributed by atoms with E-state index < -0.39 is 18.2 Å². The van der Waals surface area contributed by atoms with E-state index in [-0.39, 0.29) is 29.2 Å². The Balaban J connectivity index is 1.75. The first-order valence-corrected chi connectivity index (χ1v) is 8.38. The molecule has 2 heterocycles. The predicted molar refractivity (Wildman–Crippen MR) is 94.4 cm³/mol. The molecule has 0 saturated heterocycles. The largest absolute Gasteiger partial charge is 0.460 e. The molecule has 2 aromatic heterocycles. The van der Waals surface area contributed by atoms with Crippen molar-refractivity contribution in [1.29, 1.82) is 0 Å². The van der Waals surface area contributed by atoms with Crippen molar-refractivity contribution in [2.75, 3.05) is 0 Å². The fourth-order valence-electron chi connectivity index (χ4n) is 3.20. The zero-order chi connectivity index (χ0) is 20.1. The van der Waals surface area contributed by atoms with Crippen LogP contribution in [0.3, 0.4) is 0 Å². The number of carbonyl (C=O) groups is 1. The van der Waals surface area contributed by atoms with Crippen LogP contribution in [0.15, 0.2) is 42.5 Å². The minimum atomic E-state index is -2.44. The van der Waals surface area contributed by atoms with Gasteiger partial charge in [-0.2, -0.15) is 5.10 Å². The summed E-state index contributed by atoms with van der Waals surface area (Å²) in [5, 5.41) is 4.40. The van der Waals surface area contributed by atoms with Gasteiger partial charge < -0.3 is 4.74 Å². The standard InChI is InChI=1S/C19H18ClN3O2/c1-12-10-19(12,18(24)25-11-14-6-4-3-5-7-14)17-21-13(2)15-8-9-16(20)22-23(15)17/h3-9,12H,10-11H2,1-2H3/t12-,19+/m0/s1/i2D3. The van der Waals surface area contributed by atoms with Crippen LogP contribution in [0, 0.1) is 12.8 Å². The maximum atomic E-state index is 13.0. The van der Waals surface area contributed by atoms with Gasteiger partial charge in [0.05, 0.1) is 11.2 Å². The Bertz CT molecular complexity index is 1050. The lowest BCUT2D eigenvalue weighted by atomic mass is 10.0. The first-order valence-electron chi connectivity index (χ1n) is 9.51. The second-order valence-electron chi connectivity index (χ2n) is 6.38. The van der Waals surface area contributed by atoms with Crippen molar-refractivity contribution in [1.82, 2.24) is 14.6 Å². The van der Waals surface area contributed by atoms with Crippen molar-refractivity contribution >= 4 is 23.1 Å². The van der Waals surface area contributed by atoms with Crippen LogP contribution in [0.1, 0.15) is 34.5 Å². The summed E-state index contributed by atoms with van der Waals surface area (Å²) < 4.78 is 30.3. The number of hydrogen-bond acceptors (Lipinski definition) is 4. The Kier molecular flexibility index (Phi) is 3.01. The third-order valence-electron chi connectivity index (χ3n) is 4.75. The minimum Gasteiger partial charge on any atom is -0.460 e. The number of aromatic nitrogens is 3. The second-order valence-corrected chi connectivity index (χ2v) is 6.76. The topological polar surface area (TPSA) is 56.5 Å². The number of ether oxygens (including phenoxy) is 1. The van der Waals surface area contributed by atoms with Gasteiger partial charge in [0.1, 0.15) is 23.0 Å². The molecule has 0 spiro atoms. The number of carbonyl (C=O) groups excluding carboxylic acids is 1. The lowest BCUT2D eigenvalue weighted by Crippen LogP contribution is -2.28. The lowest BCUT2D eigenvalue weighted by Gasteiger charge is -2.15. The van der Waals surface area contributed by atoms with Crippen molar-refractivity contribution in [2.24, 2.45) is 5.92 Å². The van der Waals surface area contributed by atoms with Crippen LogP contribution in [0.4, 0.5) is 0 Å². The molecule has 4 rings (SSSR count). The van der Waals surface area contributed by atoms with Crippen LogP contribution >= 0.6 is 11.6 Å². The van der Waals surface area contributed by atoms with Gasteiger partial charge >= 0.3 is 5.97 Å². The predicted octanol–water partition coefficient (Wildman–Crippen LogP) is 3.71. The van der Waals surface area contributed by atoms with E-state index in [1.54, 1.807) is 6.07 Å². The molecule has 0 unspecified atom stereocenters. The number of hydrogen-bond donors (Lipinski definition) is 0. The molecule has 0 radical (unpaired) electrons. The highest BCUT2D eigenvalue weighted by molar-refractivity contribution is 6.29. The molecule has 6 heteroatoms. The highest BCUT2D eigenvalue weighted by Crippen LogP contribution is 2.54. The maximum absolute atomic E-state index is 13.0. The van der Waals surface area contributed by atoms with Crippen LogP contribution in [0.2, 0.25) is 5.15 Å². The van der Waals surface area contributed by atoms with Gasteiger partial charge in [-0.25, -0.2) is 9.50 Å². The fourth-order valence-corrected chi connectivity index (χ4v) is 3.34. The van der Waals surface area contributed by atoms with Crippen LogP contribution in [0.25, 0.3) is 5.52 Å². The highest BCUT2D eigenvalue weighted by Gasteiger charge is 2.63. The first-order chi connectivity index (χ1) is 13.2. The van der Waals surface area contributed by atoms with E-state index in [4.69, 9.17) is 20.5 Å². The van der Waals surface area contributed by atoms with E-state index in [0.29, 0.717) is 11.9 Å². The number of aryl methyl sites for hydroxylation is 1. The molecule has 0 amide bonds. The van der Waals surface area contributed by atoms with Gasteiger partial charge in [-0.05, 0) is 36.9 Å². The molecule has 0 bridgehead atoms. The monoisotopic (exact) mass is 358 g/mol. The Morgan fingerprint density at radius 1 is 1.40 bits per heavy atom. The van der Waals surface area contributed by atoms with E-state index >= 15 is 0 Å². The quantitative estimate of drug-likeness (QED) is 0.667.